The smallest absolute Gasteiger partial charge is 0.126 e. The Labute approximate surface area is 91.9 Å². The van der Waals surface area contributed by atoms with E-state index in [2.05, 4.69) is 52.5 Å². The number of thiol groups is 1. The number of methoxy groups -OCH3 is 1. The Morgan fingerprint density at radius 2 is 1.79 bits per heavy atom. The Morgan fingerprint density at radius 1 is 1.21 bits per heavy atom. The molecule has 0 heterocycles. The highest BCUT2D eigenvalue weighted by Crippen LogP contribution is 2.37. The van der Waals surface area contributed by atoms with E-state index in [-0.39, 0.29) is 4.75 Å². The van der Waals surface area contributed by atoms with Crippen LogP contribution in [-0.4, -0.2) is 7.11 Å². The zero-order chi connectivity index (χ0) is 10.9. The fourth-order valence-corrected chi connectivity index (χ4v) is 1.85. The van der Waals surface area contributed by atoms with Crippen molar-refractivity contribution in [2.75, 3.05) is 7.11 Å². The van der Waals surface area contributed by atoms with Crippen LogP contribution in [0.15, 0.2) is 12.1 Å². The number of hydrogen-bond donors (Lipinski definition) is 1. The highest BCUT2D eigenvalue weighted by Gasteiger charge is 2.21. The third-order valence-corrected chi connectivity index (χ3v) is 2.52. The lowest BCUT2D eigenvalue weighted by molar-refractivity contribution is 0.402. The summed E-state index contributed by atoms with van der Waals surface area (Å²) in [4.78, 5) is 0. The Kier molecular flexibility index (Phi) is 3.15. The minimum absolute atomic E-state index is 0.165. The maximum atomic E-state index is 5.41. The molecule has 1 aromatic rings. The molecule has 0 aliphatic heterocycles. The first-order valence-electron chi connectivity index (χ1n) is 4.74. The van der Waals surface area contributed by atoms with Gasteiger partial charge >= 0.3 is 0 Å². The molecule has 0 spiro atoms. The zero-order valence-corrected chi connectivity index (χ0v) is 10.4. The van der Waals surface area contributed by atoms with Gasteiger partial charge in [0.25, 0.3) is 0 Å². The van der Waals surface area contributed by atoms with Crippen molar-refractivity contribution in [3.8, 4) is 5.75 Å². The first-order valence-corrected chi connectivity index (χ1v) is 5.19. The fraction of sp³-hybridized carbons (Fsp3) is 0.500. The highest BCUT2D eigenvalue weighted by atomic mass is 32.1. The number of rotatable bonds is 2. The van der Waals surface area contributed by atoms with E-state index in [9.17, 15) is 0 Å². The summed E-state index contributed by atoms with van der Waals surface area (Å²) in [6.45, 7) is 8.31. The van der Waals surface area contributed by atoms with Crippen molar-refractivity contribution >= 4 is 12.6 Å². The van der Waals surface area contributed by atoms with Crippen LogP contribution in [0.1, 0.15) is 30.5 Å². The van der Waals surface area contributed by atoms with Gasteiger partial charge in [0.05, 0.1) is 7.11 Å². The van der Waals surface area contributed by atoms with Gasteiger partial charge in [-0.2, -0.15) is 12.6 Å². The SMILES string of the molecule is COc1c(C)cc(C)cc1C(C)(C)S. The third kappa shape index (κ3) is 2.24. The first-order chi connectivity index (χ1) is 6.36. The van der Waals surface area contributed by atoms with E-state index >= 15 is 0 Å². The van der Waals surface area contributed by atoms with Gasteiger partial charge in [-0.15, -0.1) is 0 Å². The van der Waals surface area contributed by atoms with Crippen molar-refractivity contribution in [3.05, 3.63) is 28.8 Å². The van der Waals surface area contributed by atoms with Gasteiger partial charge in [-0.05, 0) is 33.3 Å². The van der Waals surface area contributed by atoms with Crippen LogP contribution in [0.2, 0.25) is 0 Å². The fourth-order valence-electron chi connectivity index (χ4n) is 1.68. The minimum Gasteiger partial charge on any atom is -0.496 e. The molecule has 0 bridgehead atoms. The monoisotopic (exact) mass is 210 g/mol. The second-order valence-corrected chi connectivity index (χ2v) is 5.34. The summed E-state index contributed by atoms with van der Waals surface area (Å²) in [5.41, 5.74) is 3.57. The quantitative estimate of drug-likeness (QED) is 0.735. The molecular weight excluding hydrogens is 192 g/mol. The van der Waals surface area contributed by atoms with Gasteiger partial charge in [-0.3, -0.25) is 0 Å². The summed E-state index contributed by atoms with van der Waals surface area (Å²) in [5, 5.41) is 0. The van der Waals surface area contributed by atoms with Crippen LogP contribution >= 0.6 is 12.6 Å². The normalized spacial score (nSPS) is 11.6. The molecule has 2 heteroatoms. The van der Waals surface area contributed by atoms with Crippen LogP contribution in [0.25, 0.3) is 0 Å². The summed E-state index contributed by atoms with van der Waals surface area (Å²) in [5.74, 6) is 0.954. The highest BCUT2D eigenvalue weighted by molar-refractivity contribution is 7.81. The molecule has 14 heavy (non-hydrogen) atoms. The van der Waals surface area contributed by atoms with Gasteiger partial charge in [0.1, 0.15) is 5.75 Å². The Hall–Kier alpha value is -0.630. The first kappa shape index (κ1) is 11.4. The Morgan fingerprint density at radius 3 is 2.21 bits per heavy atom. The van der Waals surface area contributed by atoms with Gasteiger partial charge in [-0.1, -0.05) is 17.7 Å². The minimum atomic E-state index is -0.165. The van der Waals surface area contributed by atoms with Crippen LogP contribution in [0.3, 0.4) is 0 Å². The van der Waals surface area contributed by atoms with Crippen LogP contribution in [0.4, 0.5) is 0 Å². The Bertz CT molecular complexity index is 337. The van der Waals surface area contributed by atoms with Crippen LogP contribution in [0.5, 0.6) is 5.75 Å². The van der Waals surface area contributed by atoms with Gasteiger partial charge in [0.2, 0.25) is 0 Å². The molecular formula is C12H18OS. The molecule has 0 aromatic heterocycles. The molecule has 1 rings (SSSR count). The van der Waals surface area contributed by atoms with E-state index in [1.54, 1.807) is 7.11 Å². The lowest BCUT2D eigenvalue weighted by Gasteiger charge is -2.23. The maximum absolute atomic E-state index is 5.41. The molecule has 0 amide bonds. The van der Waals surface area contributed by atoms with Crippen molar-refractivity contribution in [3.63, 3.8) is 0 Å². The average molecular weight is 210 g/mol. The van der Waals surface area contributed by atoms with E-state index in [1.807, 2.05) is 0 Å². The molecule has 0 saturated carbocycles. The maximum Gasteiger partial charge on any atom is 0.126 e. The van der Waals surface area contributed by atoms with Crippen molar-refractivity contribution in [2.24, 2.45) is 0 Å². The van der Waals surface area contributed by atoms with Crippen molar-refractivity contribution in [1.29, 1.82) is 0 Å². The van der Waals surface area contributed by atoms with E-state index in [0.717, 1.165) is 11.3 Å². The van der Waals surface area contributed by atoms with E-state index in [0.29, 0.717) is 0 Å². The third-order valence-electron chi connectivity index (χ3n) is 2.28. The molecule has 0 radical (unpaired) electrons. The molecule has 78 valence electrons. The van der Waals surface area contributed by atoms with Crippen LogP contribution in [-0.2, 0) is 4.75 Å². The topological polar surface area (TPSA) is 9.23 Å². The van der Waals surface area contributed by atoms with Crippen molar-refractivity contribution in [1.82, 2.24) is 0 Å². The lowest BCUT2D eigenvalue weighted by atomic mass is 9.96. The van der Waals surface area contributed by atoms with Gasteiger partial charge in [-0.25, -0.2) is 0 Å². The Balaban J connectivity index is 3.40. The molecule has 0 aliphatic rings. The molecule has 0 fully saturated rings. The second-order valence-electron chi connectivity index (χ2n) is 4.22. The second kappa shape index (κ2) is 3.85. The summed E-state index contributed by atoms with van der Waals surface area (Å²) >= 11 is 4.58. The van der Waals surface area contributed by atoms with Crippen molar-refractivity contribution in [2.45, 2.75) is 32.4 Å². The zero-order valence-electron chi connectivity index (χ0n) is 9.51. The summed E-state index contributed by atoms with van der Waals surface area (Å²) in [6, 6.07) is 4.26. The van der Waals surface area contributed by atoms with E-state index in [4.69, 9.17) is 4.74 Å². The predicted octanol–water partition coefficient (Wildman–Crippen LogP) is 3.48. The van der Waals surface area contributed by atoms with Crippen LogP contribution in [0, 0.1) is 13.8 Å². The molecule has 0 aliphatic carbocycles. The molecule has 0 saturated heterocycles. The summed E-state index contributed by atoms with van der Waals surface area (Å²) < 4.78 is 5.24. The number of benzene rings is 1. The number of aryl methyl sites for hydroxylation is 2. The van der Waals surface area contributed by atoms with Gasteiger partial charge in [0, 0.05) is 10.3 Å². The van der Waals surface area contributed by atoms with E-state index in [1.165, 1.54) is 11.1 Å². The van der Waals surface area contributed by atoms with Crippen LogP contribution < -0.4 is 4.74 Å². The van der Waals surface area contributed by atoms with E-state index < -0.39 is 0 Å². The predicted molar refractivity (Wildman–Crippen MR) is 64.5 cm³/mol. The molecule has 0 N–H and O–H groups in total. The van der Waals surface area contributed by atoms with Crippen molar-refractivity contribution < 1.29 is 4.74 Å². The largest absolute Gasteiger partial charge is 0.496 e. The number of hydrogen-bond acceptors (Lipinski definition) is 2. The van der Waals surface area contributed by atoms with Gasteiger partial charge in [0.15, 0.2) is 0 Å². The standard InChI is InChI=1S/C12H18OS/c1-8-6-9(2)11(13-5)10(7-8)12(3,4)14/h6-7,14H,1-5H3. The van der Waals surface area contributed by atoms with Gasteiger partial charge < -0.3 is 4.74 Å². The molecule has 0 unspecified atom stereocenters. The molecule has 1 aromatic carbocycles. The lowest BCUT2D eigenvalue weighted by Crippen LogP contribution is -2.11. The number of ether oxygens (including phenoxy) is 1. The summed E-state index contributed by atoms with van der Waals surface area (Å²) in [7, 11) is 1.71. The average Bonchev–Trinajstić information content (AvgIpc) is 2.01. The molecule has 1 nitrogen and oxygen atoms in total. The molecule has 0 atom stereocenters. The summed E-state index contributed by atoms with van der Waals surface area (Å²) in [6.07, 6.45) is 0.